The molecule has 6 heteroatoms. The molecule has 2 aromatic carbocycles. The second-order valence-electron chi connectivity index (χ2n) is 9.39. The number of hydrogen-bond donors (Lipinski definition) is 1. The number of aromatic nitrogens is 2. The number of carbonyl (C=O) groups excluding carboxylic acids is 1. The second kappa shape index (κ2) is 8.34. The summed E-state index contributed by atoms with van der Waals surface area (Å²) >= 11 is 13.1. The highest BCUT2D eigenvalue weighted by Crippen LogP contribution is 2.59. The predicted molar refractivity (Wildman–Crippen MR) is 134 cm³/mol. The molecule has 1 N–H and O–H groups in total. The fourth-order valence-corrected chi connectivity index (χ4v) is 6.59. The number of nitrogens with one attached hydrogen (secondary N) is 1. The van der Waals surface area contributed by atoms with Gasteiger partial charge in [0.2, 0.25) is 5.91 Å². The number of nitrogens with zero attached hydrogens (tertiary/aromatic N) is 2. The molecule has 0 radical (unpaired) electrons. The van der Waals surface area contributed by atoms with Gasteiger partial charge in [0.15, 0.2) is 0 Å². The third-order valence-corrected chi connectivity index (χ3v) is 8.24. The first-order chi connectivity index (χ1) is 15.8. The average Bonchev–Trinajstić information content (AvgIpc) is 3.35. The number of amides is 1. The highest BCUT2D eigenvalue weighted by atomic mass is 35.5. The third-order valence-electron chi connectivity index (χ3n) is 7.66. The number of halogens is 2. The summed E-state index contributed by atoms with van der Waals surface area (Å²) in [5.41, 5.74) is 3.81. The maximum Gasteiger partial charge on any atom is 0.230 e. The van der Waals surface area contributed by atoms with Crippen molar-refractivity contribution in [3.8, 4) is 11.1 Å². The van der Waals surface area contributed by atoms with Gasteiger partial charge in [-0.1, -0.05) is 53.5 Å². The summed E-state index contributed by atoms with van der Waals surface area (Å²) in [5, 5.41) is 8.93. The lowest BCUT2D eigenvalue weighted by Gasteiger charge is -2.46. The van der Waals surface area contributed by atoms with E-state index in [1.807, 2.05) is 43.7 Å². The van der Waals surface area contributed by atoms with Crippen LogP contribution in [0.3, 0.4) is 0 Å². The number of aryl methyl sites for hydroxylation is 1. The van der Waals surface area contributed by atoms with Gasteiger partial charge < -0.3 is 5.32 Å². The van der Waals surface area contributed by atoms with Crippen molar-refractivity contribution in [2.45, 2.75) is 37.6 Å². The van der Waals surface area contributed by atoms with Crippen LogP contribution in [0.4, 0.5) is 0 Å². The average molecular weight is 480 g/mol. The summed E-state index contributed by atoms with van der Waals surface area (Å²) in [4.78, 5) is 13.1. The first-order valence-electron chi connectivity index (χ1n) is 11.3. The van der Waals surface area contributed by atoms with Crippen LogP contribution in [0.2, 0.25) is 10.0 Å². The Hall–Kier alpha value is -2.56. The lowest BCUT2D eigenvalue weighted by molar-refractivity contribution is -0.127. The molecule has 2 heterocycles. The Morgan fingerprint density at radius 2 is 1.94 bits per heavy atom. The van der Waals surface area contributed by atoms with E-state index in [-0.39, 0.29) is 29.7 Å². The minimum Gasteiger partial charge on any atom is -0.353 e. The van der Waals surface area contributed by atoms with Gasteiger partial charge >= 0.3 is 0 Å². The molecule has 2 fully saturated rings. The SMILES string of the molecule is C=C[C@@]12CC[C@@H](c3ccc(-c4cnn(C)c4)cc3Cl)[C@H](c3ccc(Cl)cc3)[C@@H]1[C@@H](C)NC2=O. The summed E-state index contributed by atoms with van der Waals surface area (Å²) in [7, 11) is 1.90. The summed E-state index contributed by atoms with van der Waals surface area (Å²) in [6.45, 7) is 6.19. The van der Waals surface area contributed by atoms with Crippen LogP contribution in [0.25, 0.3) is 11.1 Å². The smallest absolute Gasteiger partial charge is 0.230 e. The van der Waals surface area contributed by atoms with Gasteiger partial charge in [0.25, 0.3) is 0 Å². The Bertz CT molecular complexity index is 1220. The van der Waals surface area contributed by atoms with Crippen LogP contribution in [0.1, 0.15) is 42.7 Å². The fourth-order valence-electron chi connectivity index (χ4n) is 6.15. The van der Waals surface area contributed by atoms with Crippen molar-refractivity contribution in [2.75, 3.05) is 0 Å². The summed E-state index contributed by atoms with van der Waals surface area (Å²) in [6.07, 6.45) is 7.31. The lowest BCUT2D eigenvalue weighted by Crippen LogP contribution is -2.43. The van der Waals surface area contributed by atoms with Crippen molar-refractivity contribution in [2.24, 2.45) is 18.4 Å². The molecule has 33 heavy (non-hydrogen) atoms. The van der Waals surface area contributed by atoms with E-state index < -0.39 is 5.41 Å². The molecular weight excluding hydrogens is 453 g/mol. The summed E-state index contributed by atoms with van der Waals surface area (Å²) < 4.78 is 1.79. The van der Waals surface area contributed by atoms with E-state index in [1.54, 1.807) is 4.68 Å². The van der Waals surface area contributed by atoms with Crippen LogP contribution in [-0.4, -0.2) is 21.7 Å². The largest absolute Gasteiger partial charge is 0.353 e. The number of fused-ring (bicyclic) bond motifs is 1. The van der Waals surface area contributed by atoms with Crippen LogP contribution in [0, 0.1) is 11.3 Å². The molecule has 1 aromatic heterocycles. The minimum absolute atomic E-state index is 0.0346. The maximum absolute atomic E-state index is 13.1. The minimum atomic E-state index is -0.567. The highest BCUT2D eigenvalue weighted by Gasteiger charge is 2.59. The molecule has 1 aliphatic heterocycles. The standard InChI is InChI=1S/C27H27Cl2N3O/c1-4-27-12-11-22(21-10-7-18(13-23(21)29)19-14-30-32(3)15-19)24(17-5-8-20(28)9-6-17)25(27)16(2)31-26(27)33/h4-10,13-16,22,24-25H,1,11-12H2,2-3H3,(H,31,33)/t16-,22+,24+,25+,27-/m1/s1. The molecule has 5 atom stereocenters. The quantitative estimate of drug-likeness (QED) is 0.442. The Kier molecular flexibility index (Phi) is 5.62. The van der Waals surface area contributed by atoms with E-state index in [9.17, 15) is 4.79 Å². The van der Waals surface area contributed by atoms with Crippen molar-refractivity contribution >= 4 is 29.1 Å². The lowest BCUT2D eigenvalue weighted by atomic mass is 9.55. The molecule has 4 nitrogen and oxygen atoms in total. The topological polar surface area (TPSA) is 46.9 Å². The van der Waals surface area contributed by atoms with Crippen LogP contribution in [0.15, 0.2) is 67.5 Å². The Labute approximate surface area is 204 Å². The molecule has 0 spiro atoms. The summed E-state index contributed by atoms with van der Waals surface area (Å²) in [5.74, 6) is 0.446. The predicted octanol–water partition coefficient (Wildman–Crippen LogP) is 6.36. The van der Waals surface area contributed by atoms with Gasteiger partial charge in [-0.15, -0.1) is 6.58 Å². The first-order valence-corrected chi connectivity index (χ1v) is 12.1. The van der Waals surface area contributed by atoms with E-state index in [2.05, 4.69) is 48.2 Å². The molecular formula is C27H27Cl2N3O. The van der Waals surface area contributed by atoms with E-state index in [0.29, 0.717) is 5.02 Å². The Balaban J connectivity index is 1.61. The highest BCUT2D eigenvalue weighted by molar-refractivity contribution is 6.31. The zero-order chi connectivity index (χ0) is 23.3. The molecule has 5 rings (SSSR count). The molecule has 170 valence electrons. The van der Waals surface area contributed by atoms with Crippen molar-refractivity contribution in [3.05, 3.63) is 88.7 Å². The van der Waals surface area contributed by atoms with Gasteiger partial charge in [-0.05, 0) is 66.5 Å². The van der Waals surface area contributed by atoms with Gasteiger partial charge in [-0.25, -0.2) is 0 Å². The molecule has 0 bridgehead atoms. The van der Waals surface area contributed by atoms with E-state index in [4.69, 9.17) is 23.2 Å². The number of hydrogen-bond acceptors (Lipinski definition) is 2. The van der Waals surface area contributed by atoms with Crippen molar-refractivity contribution in [1.29, 1.82) is 0 Å². The van der Waals surface area contributed by atoms with Crippen LogP contribution < -0.4 is 5.32 Å². The Morgan fingerprint density at radius 3 is 2.58 bits per heavy atom. The zero-order valence-electron chi connectivity index (χ0n) is 18.8. The molecule has 1 aliphatic carbocycles. The van der Waals surface area contributed by atoms with Gasteiger partial charge in [-0.3, -0.25) is 9.48 Å². The van der Waals surface area contributed by atoms with Crippen molar-refractivity contribution in [1.82, 2.24) is 15.1 Å². The number of rotatable bonds is 4. The summed E-state index contributed by atoms with van der Waals surface area (Å²) in [6, 6.07) is 14.4. The van der Waals surface area contributed by atoms with Gasteiger partial charge in [-0.2, -0.15) is 5.10 Å². The maximum atomic E-state index is 13.1. The second-order valence-corrected chi connectivity index (χ2v) is 10.2. The third kappa shape index (κ3) is 3.60. The molecule has 1 amide bonds. The van der Waals surface area contributed by atoms with Gasteiger partial charge in [0, 0.05) is 40.8 Å². The normalized spacial score (nSPS) is 28.9. The molecule has 0 unspecified atom stereocenters. The van der Waals surface area contributed by atoms with Crippen LogP contribution in [-0.2, 0) is 11.8 Å². The van der Waals surface area contributed by atoms with Gasteiger partial charge in [0.1, 0.15) is 0 Å². The molecule has 1 saturated carbocycles. The van der Waals surface area contributed by atoms with Crippen LogP contribution >= 0.6 is 23.2 Å². The van der Waals surface area contributed by atoms with Crippen LogP contribution in [0.5, 0.6) is 0 Å². The molecule has 1 saturated heterocycles. The monoisotopic (exact) mass is 479 g/mol. The van der Waals surface area contributed by atoms with E-state index in [0.717, 1.165) is 34.6 Å². The zero-order valence-corrected chi connectivity index (χ0v) is 20.3. The number of carbonyl (C=O) groups is 1. The van der Waals surface area contributed by atoms with E-state index in [1.165, 1.54) is 5.56 Å². The molecule has 2 aliphatic rings. The number of benzene rings is 2. The first kappa shape index (κ1) is 22.2. The van der Waals surface area contributed by atoms with Crippen molar-refractivity contribution < 1.29 is 4.79 Å². The van der Waals surface area contributed by atoms with Gasteiger partial charge in [0.05, 0.1) is 11.6 Å². The van der Waals surface area contributed by atoms with E-state index >= 15 is 0 Å². The van der Waals surface area contributed by atoms with Crippen molar-refractivity contribution in [3.63, 3.8) is 0 Å². The Morgan fingerprint density at radius 1 is 1.18 bits per heavy atom. The molecule has 3 aromatic rings. The fraction of sp³-hybridized carbons (Fsp3) is 0.333.